The van der Waals surface area contributed by atoms with E-state index in [1.54, 1.807) is 24.3 Å². The fraction of sp³-hybridized carbons (Fsp3) is 0.273. The Morgan fingerprint density at radius 3 is 2.73 bits per heavy atom. The number of nitrogens with two attached hydrogens (primary N) is 1. The van der Waals surface area contributed by atoms with Crippen molar-refractivity contribution in [2.24, 2.45) is 5.73 Å². The minimum Gasteiger partial charge on any atom is -0.480 e. The Morgan fingerprint density at radius 1 is 1.60 bits per heavy atom. The summed E-state index contributed by atoms with van der Waals surface area (Å²) in [5.74, 6) is -1.07. The molecule has 1 aromatic rings. The fourth-order valence-corrected chi connectivity index (χ4v) is 1.25. The van der Waals surface area contributed by atoms with Crippen LogP contribution in [0.2, 0.25) is 0 Å². The van der Waals surface area contributed by atoms with Gasteiger partial charge in [-0.3, -0.25) is 4.79 Å². The molecule has 4 heteroatoms. The number of carboxylic acid groups (broad SMARTS) is 1. The lowest BCUT2D eigenvalue weighted by atomic mass is 9.92. The normalized spacial score (nSPS) is 13.9. The van der Waals surface area contributed by atoms with E-state index in [0.717, 1.165) is 0 Å². The van der Waals surface area contributed by atoms with Crippen molar-refractivity contribution in [3.63, 3.8) is 0 Å². The van der Waals surface area contributed by atoms with Gasteiger partial charge in [-0.25, -0.2) is 0 Å². The molecule has 1 rings (SSSR count). The first-order valence-corrected chi connectivity index (χ1v) is 4.47. The molecule has 3 N–H and O–H groups in total. The molecule has 0 heterocycles. The highest BCUT2D eigenvalue weighted by atomic mass is 16.4. The lowest BCUT2D eigenvalue weighted by Crippen LogP contribution is -2.46. The molecule has 1 aromatic carbocycles. The maximum absolute atomic E-state index is 10.8. The van der Waals surface area contributed by atoms with Crippen LogP contribution in [0.4, 0.5) is 0 Å². The third-order valence-corrected chi connectivity index (χ3v) is 2.18. The van der Waals surface area contributed by atoms with Crippen molar-refractivity contribution >= 4 is 5.97 Å². The average Bonchev–Trinajstić information content (AvgIpc) is 2.18. The Morgan fingerprint density at radius 2 is 2.20 bits per heavy atom. The van der Waals surface area contributed by atoms with Gasteiger partial charge in [0, 0.05) is 6.42 Å². The molecule has 0 amide bonds. The highest BCUT2D eigenvalue weighted by Crippen LogP contribution is 2.14. The predicted molar refractivity (Wildman–Crippen MR) is 55.1 cm³/mol. The first kappa shape index (κ1) is 11.2. The molecule has 1 unspecified atom stereocenters. The maximum atomic E-state index is 10.8. The van der Waals surface area contributed by atoms with E-state index in [0.29, 0.717) is 11.1 Å². The number of nitriles is 1. The van der Waals surface area contributed by atoms with Gasteiger partial charge < -0.3 is 10.8 Å². The molecule has 4 nitrogen and oxygen atoms in total. The van der Waals surface area contributed by atoms with Crippen molar-refractivity contribution in [2.75, 3.05) is 0 Å². The second-order valence-electron chi connectivity index (χ2n) is 3.67. The monoisotopic (exact) mass is 204 g/mol. The van der Waals surface area contributed by atoms with Crippen LogP contribution in [0.15, 0.2) is 24.3 Å². The smallest absolute Gasteiger partial charge is 0.323 e. The summed E-state index contributed by atoms with van der Waals surface area (Å²) in [5, 5.41) is 17.7. The number of rotatable bonds is 3. The molecule has 0 aliphatic heterocycles. The van der Waals surface area contributed by atoms with Crippen LogP contribution in [-0.4, -0.2) is 16.6 Å². The molecule has 0 aromatic heterocycles. The third-order valence-electron chi connectivity index (χ3n) is 2.18. The van der Waals surface area contributed by atoms with Crippen molar-refractivity contribution in [2.45, 2.75) is 18.9 Å². The van der Waals surface area contributed by atoms with Crippen molar-refractivity contribution < 1.29 is 9.90 Å². The van der Waals surface area contributed by atoms with Crippen LogP contribution < -0.4 is 5.73 Å². The van der Waals surface area contributed by atoms with Crippen molar-refractivity contribution in [1.82, 2.24) is 0 Å². The lowest BCUT2D eigenvalue weighted by molar-refractivity contribution is -0.142. The highest BCUT2D eigenvalue weighted by molar-refractivity contribution is 5.78. The summed E-state index contributed by atoms with van der Waals surface area (Å²) in [6.45, 7) is 1.43. The van der Waals surface area contributed by atoms with Gasteiger partial charge in [-0.15, -0.1) is 0 Å². The van der Waals surface area contributed by atoms with Gasteiger partial charge in [-0.1, -0.05) is 18.2 Å². The molecule has 0 bridgehead atoms. The summed E-state index contributed by atoms with van der Waals surface area (Å²) in [6.07, 6.45) is 0.145. The molecule has 0 saturated heterocycles. The Balaban J connectivity index is 3.00. The molecular formula is C11H12N2O2. The van der Waals surface area contributed by atoms with Gasteiger partial charge in [0.25, 0.3) is 0 Å². The number of carboxylic acids is 1. The Kier molecular flexibility index (Phi) is 3.08. The molecule has 0 aliphatic carbocycles. The van der Waals surface area contributed by atoms with Gasteiger partial charge in [0.05, 0.1) is 11.6 Å². The molecule has 0 aliphatic rings. The average molecular weight is 204 g/mol. The van der Waals surface area contributed by atoms with E-state index >= 15 is 0 Å². The molecule has 78 valence electrons. The summed E-state index contributed by atoms with van der Waals surface area (Å²) in [4.78, 5) is 10.8. The molecule has 1 atom stereocenters. The topological polar surface area (TPSA) is 87.1 Å². The number of benzene rings is 1. The predicted octanol–water partition coefficient (Wildman–Crippen LogP) is 0.903. The molecular weight excluding hydrogens is 192 g/mol. The zero-order chi connectivity index (χ0) is 11.5. The van der Waals surface area contributed by atoms with Crippen LogP contribution >= 0.6 is 0 Å². The van der Waals surface area contributed by atoms with Gasteiger partial charge >= 0.3 is 5.97 Å². The highest BCUT2D eigenvalue weighted by Gasteiger charge is 2.28. The van der Waals surface area contributed by atoms with E-state index in [9.17, 15) is 4.79 Å². The zero-order valence-electron chi connectivity index (χ0n) is 8.40. The van der Waals surface area contributed by atoms with Gasteiger partial charge in [0.2, 0.25) is 0 Å². The number of carbonyl (C=O) groups is 1. The lowest BCUT2D eigenvalue weighted by Gasteiger charge is -2.19. The summed E-state index contributed by atoms with van der Waals surface area (Å²) in [5.41, 5.74) is 5.39. The second-order valence-corrected chi connectivity index (χ2v) is 3.67. The number of aliphatic carboxylic acids is 1. The van der Waals surface area contributed by atoms with Gasteiger partial charge in [-0.05, 0) is 18.6 Å². The third kappa shape index (κ3) is 2.55. The van der Waals surface area contributed by atoms with E-state index in [2.05, 4.69) is 0 Å². The van der Waals surface area contributed by atoms with Gasteiger partial charge in [0.1, 0.15) is 5.54 Å². The van der Waals surface area contributed by atoms with E-state index in [4.69, 9.17) is 16.1 Å². The Labute approximate surface area is 87.9 Å². The van der Waals surface area contributed by atoms with Gasteiger partial charge in [-0.2, -0.15) is 5.26 Å². The second kappa shape index (κ2) is 4.11. The van der Waals surface area contributed by atoms with E-state index in [1.165, 1.54) is 6.92 Å². The van der Waals surface area contributed by atoms with E-state index in [1.807, 2.05) is 6.07 Å². The van der Waals surface area contributed by atoms with Crippen LogP contribution in [0.25, 0.3) is 0 Å². The minimum atomic E-state index is -1.34. The van der Waals surface area contributed by atoms with Crippen molar-refractivity contribution in [3.8, 4) is 6.07 Å². The summed E-state index contributed by atoms with van der Waals surface area (Å²) in [7, 11) is 0. The Bertz CT molecular complexity index is 419. The zero-order valence-corrected chi connectivity index (χ0v) is 8.40. The molecule has 0 radical (unpaired) electrons. The summed E-state index contributed by atoms with van der Waals surface area (Å²) >= 11 is 0. The maximum Gasteiger partial charge on any atom is 0.323 e. The minimum absolute atomic E-state index is 0.145. The first-order chi connectivity index (χ1) is 6.97. The van der Waals surface area contributed by atoms with Crippen LogP contribution in [0.3, 0.4) is 0 Å². The van der Waals surface area contributed by atoms with Gasteiger partial charge in [0.15, 0.2) is 0 Å². The quantitative estimate of drug-likeness (QED) is 0.765. The standard InChI is InChI=1S/C11H12N2O2/c1-11(13,10(14)15)6-8-4-2-3-5-9(8)7-12/h2-5H,6,13H2,1H3,(H,14,15). The van der Waals surface area contributed by atoms with Crippen LogP contribution in [0.5, 0.6) is 0 Å². The first-order valence-electron chi connectivity index (χ1n) is 4.47. The Hall–Kier alpha value is -1.86. The summed E-state index contributed by atoms with van der Waals surface area (Å²) < 4.78 is 0. The SMILES string of the molecule is CC(N)(Cc1ccccc1C#N)C(=O)O. The van der Waals surface area contributed by atoms with Crippen molar-refractivity contribution in [3.05, 3.63) is 35.4 Å². The molecule has 0 saturated carbocycles. The summed E-state index contributed by atoms with van der Waals surface area (Å²) in [6, 6.07) is 8.86. The van der Waals surface area contributed by atoms with Crippen LogP contribution in [-0.2, 0) is 11.2 Å². The number of hydrogen-bond donors (Lipinski definition) is 2. The largest absolute Gasteiger partial charge is 0.480 e. The van der Waals surface area contributed by atoms with Crippen molar-refractivity contribution in [1.29, 1.82) is 5.26 Å². The number of nitrogens with zero attached hydrogens (tertiary/aromatic N) is 1. The molecule has 15 heavy (non-hydrogen) atoms. The van der Waals surface area contributed by atoms with Crippen LogP contribution in [0.1, 0.15) is 18.1 Å². The fourth-order valence-electron chi connectivity index (χ4n) is 1.25. The van der Waals surface area contributed by atoms with Crippen LogP contribution in [0, 0.1) is 11.3 Å². The molecule has 0 fully saturated rings. The molecule has 0 spiro atoms. The number of hydrogen-bond acceptors (Lipinski definition) is 3. The van der Waals surface area contributed by atoms with E-state index < -0.39 is 11.5 Å². The van der Waals surface area contributed by atoms with E-state index in [-0.39, 0.29) is 6.42 Å².